The Balaban J connectivity index is 1.56. The van der Waals surface area contributed by atoms with Crippen LogP contribution in [0.1, 0.15) is 30.6 Å². The van der Waals surface area contributed by atoms with E-state index >= 15 is 0 Å². The van der Waals surface area contributed by atoms with Crippen molar-refractivity contribution in [3.8, 4) is 11.5 Å². The number of hydrogen-bond acceptors (Lipinski definition) is 7. The summed E-state index contributed by atoms with van der Waals surface area (Å²) in [5, 5.41) is 11.7. The highest BCUT2D eigenvalue weighted by atomic mass is 35.5. The molecule has 0 saturated heterocycles. The number of carbonyl (C=O) groups is 1. The molecule has 3 aromatic carbocycles. The molecule has 0 aromatic heterocycles. The maximum absolute atomic E-state index is 13.2. The topological polar surface area (TPSA) is 75.5 Å². The minimum Gasteiger partial charge on any atom is -0.493 e. The molecule has 2 heterocycles. The van der Waals surface area contributed by atoms with Crippen LogP contribution in [0.2, 0.25) is 5.02 Å². The normalized spacial score (nSPS) is 16.4. The summed E-state index contributed by atoms with van der Waals surface area (Å²) in [6.07, 6.45) is 0.358. The second-order valence-electron chi connectivity index (χ2n) is 8.23. The van der Waals surface area contributed by atoms with Crippen LogP contribution < -0.4 is 25.4 Å². The lowest BCUT2D eigenvalue weighted by Gasteiger charge is -2.34. The number of hydrazone groups is 1. The molecule has 0 spiro atoms. The number of benzene rings is 3. The van der Waals surface area contributed by atoms with Gasteiger partial charge in [0.05, 0.1) is 17.5 Å². The second-order valence-corrected chi connectivity index (χ2v) is 9.72. The minimum absolute atomic E-state index is 0.211. The van der Waals surface area contributed by atoms with E-state index in [1.54, 1.807) is 18.2 Å². The molecule has 9 heteroatoms. The fourth-order valence-electron chi connectivity index (χ4n) is 4.07. The monoisotopic (exact) mass is 520 g/mol. The van der Waals surface area contributed by atoms with Crippen LogP contribution in [0, 0.1) is 0 Å². The van der Waals surface area contributed by atoms with E-state index in [9.17, 15) is 4.79 Å². The number of fused-ring (bicyclic) bond motifs is 2. The molecular formula is C27H25ClN4O3S. The van der Waals surface area contributed by atoms with Gasteiger partial charge in [-0.15, -0.1) is 5.10 Å². The molecule has 0 saturated carbocycles. The maximum atomic E-state index is 13.2. The Kier molecular flexibility index (Phi) is 7.16. The Labute approximate surface area is 218 Å². The quantitative estimate of drug-likeness (QED) is 0.505. The third-order valence-electron chi connectivity index (χ3n) is 5.73. The van der Waals surface area contributed by atoms with Gasteiger partial charge in [-0.1, -0.05) is 78.8 Å². The van der Waals surface area contributed by atoms with Crippen LogP contribution in [0.4, 0.5) is 0 Å². The van der Waals surface area contributed by atoms with Crippen LogP contribution in [0.5, 0.6) is 11.5 Å². The summed E-state index contributed by atoms with van der Waals surface area (Å²) in [6, 6.07) is 21.0. The standard InChI is InChI=1S/C27H25ClN4O3S/c1-3-13-36-27-30-26(33)23-19-11-7-8-12-21(19)29-25(32(23)31-27)18-14-20(28)24(22(15-18)34-2)35-16-17-9-5-4-6-10-17/h4-12,14-15,25H,3,13,16H2,1-2H3,(H,30,31,33)/t25-/m0/s1. The summed E-state index contributed by atoms with van der Waals surface area (Å²) in [5.41, 5.74) is 2.20. The molecule has 3 aromatic rings. The van der Waals surface area contributed by atoms with Crippen LogP contribution >= 0.6 is 23.4 Å². The van der Waals surface area contributed by atoms with Crippen LogP contribution in [0.15, 0.2) is 76.8 Å². The number of nitrogens with one attached hydrogen (secondary N) is 1. The molecular weight excluding hydrogens is 496 g/mol. The number of methoxy groups -OCH3 is 1. The van der Waals surface area contributed by atoms with E-state index in [1.165, 1.54) is 11.8 Å². The highest BCUT2D eigenvalue weighted by Crippen LogP contribution is 2.41. The third kappa shape index (κ3) is 4.79. The van der Waals surface area contributed by atoms with Gasteiger partial charge in [-0.05, 0) is 30.2 Å². The van der Waals surface area contributed by atoms with Gasteiger partial charge in [-0.3, -0.25) is 15.1 Å². The lowest BCUT2D eigenvalue weighted by Crippen LogP contribution is -2.50. The molecule has 2 aliphatic rings. The first-order valence-electron chi connectivity index (χ1n) is 11.6. The van der Waals surface area contributed by atoms with Gasteiger partial charge >= 0.3 is 0 Å². The highest BCUT2D eigenvalue weighted by Gasteiger charge is 2.35. The molecule has 0 radical (unpaired) electrons. The first-order chi connectivity index (χ1) is 17.6. The summed E-state index contributed by atoms with van der Waals surface area (Å²) < 4.78 is 11.7. The van der Waals surface area contributed by atoms with Crippen molar-refractivity contribution in [1.82, 2.24) is 10.3 Å². The predicted octanol–water partition coefficient (Wildman–Crippen LogP) is 4.21. The summed E-state index contributed by atoms with van der Waals surface area (Å²) in [6.45, 7) is 2.44. The number of amidine groups is 1. The summed E-state index contributed by atoms with van der Waals surface area (Å²) in [4.78, 5) is 18.2. The molecule has 0 unspecified atom stereocenters. The largest absolute Gasteiger partial charge is 0.493 e. The number of nitrogens with zero attached hydrogens (tertiary/aromatic N) is 3. The van der Waals surface area contributed by atoms with Gasteiger partial charge in [0.2, 0.25) is 0 Å². The number of amides is 1. The van der Waals surface area contributed by atoms with Gasteiger partial charge in [-0.2, -0.15) is 0 Å². The number of para-hydroxylation sites is 1. The zero-order valence-electron chi connectivity index (χ0n) is 19.9. The van der Waals surface area contributed by atoms with Crippen LogP contribution in [-0.4, -0.2) is 28.9 Å². The third-order valence-corrected chi connectivity index (χ3v) is 7.08. The number of carbonyl (C=O) groups excluding carboxylic acids is 1. The first kappa shape index (κ1) is 24.2. The van der Waals surface area contributed by atoms with Crippen molar-refractivity contribution in [1.29, 1.82) is 0 Å². The zero-order valence-corrected chi connectivity index (χ0v) is 21.5. The van der Waals surface area contributed by atoms with Gasteiger partial charge < -0.3 is 9.47 Å². The summed E-state index contributed by atoms with van der Waals surface area (Å²) >= 11 is 8.21. The minimum atomic E-state index is -0.604. The molecule has 0 fully saturated rings. The molecule has 5 rings (SSSR count). The zero-order chi connectivity index (χ0) is 25.1. The Hall–Kier alpha value is -3.49. The van der Waals surface area contributed by atoms with Crippen molar-refractivity contribution >= 4 is 40.1 Å². The number of rotatable bonds is 7. The van der Waals surface area contributed by atoms with Crippen LogP contribution in [0.25, 0.3) is 5.70 Å². The molecule has 2 aliphatic heterocycles. The predicted molar refractivity (Wildman–Crippen MR) is 142 cm³/mol. The number of hydrogen-bond donors (Lipinski definition) is 1. The SMILES string of the molecule is CCCSC1=NN2C(=c3ccccc3=N[C@@H]2c2cc(Cl)c(OCc3ccccc3)c(OC)c2)C(=O)N1. The van der Waals surface area contributed by atoms with E-state index in [0.29, 0.717) is 39.4 Å². The smallest absolute Gasteiger partial charge is 0.276 e. The van der Waals surface area contributed by atoms with Crippen molar-refractivity contribution in [2.24, 2.45) is 10.1 Å². The maximum Gasteiger partial charge on any atom is 0.276 e. The van der Waals surface area contributed by atoms with E-state index in [2.05, 4.69) is 12.2 Å². The van der Waals surface area contributed by atoms with Crippen molar-refractivity contribution in [3.05, 3.63) is 93.5 Å². The average Bonchev–Trinajstić information content (AvgIpc) is 2.90. The number of ether oxygens (including phenoxy) is 2. The Morgan fingerprint density at radius 2 is 1.89 bits per heavy atom. The molecule has 7 nitrogen and oxygen atoms in total. The summed E-state index contributed by atoms with van der Waals surface area (Å²) in [7, 11) is 1.57. The number of halogens is 1. The van der Waals surface area contributed by atoms with Gasteiger partial charge in [-0.25, -0.2) is 5.01 Å². The van der Waals surface area contributed by atoms with E-state index in [-0.39, 0.29) is 5.91 Å². The Morgan fingerprint density at radius 1 is 1.11 bits per heavy atom. The van der Waals surface area contributed by atoms with Gasteiger partial charge in [0.15, 0.2) is 22.8 Å². The van der Waals surface area contributed by atoms with Gasteiger partial charge in [0.25, 0.3) is 5.91 Å². The molecule has 1 N–H and O–H groups in total. The molecule has 1 atom stereocenters. The molecule has 184 valence electrons. The van der Waals surface area contributed by atoms with Gasteiger partial charge in [0.1, 0.15) is 12.3 Å². The van der Waals surface area contributed by atoms with Crippen LogP contribution in [0.3, 0.4) is 0 Å². The van der Waals surface area contributed by atoms with Crippen molar-refractivity contribution in [3.63, 3.8) is 0 Å². The lowest BCUT2D eigenvalue weighted by atomic mass is 10.1. The first-order valence-corrected chi connectivity index (χ1v) is 13.0. The summed E-state index contributed by atoms with van der Waals surface area (Å²) in [5.74, 6) is 1.56. The van der Waals surface area contributed by atoms with Crippen molar-refractivity contribution in [2.45, 2.75) is 26.1 Å². The van der Waals surface area contributed by atoms with Crippen molar-refractivity contribution in [2.75, 3.05) is 12.9 Å². The van der Waals surface area contributed by atoms with E-state index in [1.807, 2.05) is 60.7 Å². The van der Waals surface area contributed by atoms with Crippen LogP contribution in [-0.2, 0) is 11.4 Å². The fourth-order valence-corrected chi connectivity index (χ4v) is 5.05. The van der Waals surface area contributed by atoms with E-state index < -0.39 is 6.17 Å². The second kappa shape index (κ2) is 10.6. The molecule has 0 aliphatic carbocycles. The number of thioether (sulfide) groups is 1. The fraction of sp³-hybridized carbons (Fsp3) is 0.222. The molecule has 0 bridgehead atoms. The lowest BCUT2D eigenvalue weighted by molar-refractivity contribution is -0.116. The van der Waals surface area contributed by atoms with E-state index in [0.717, 1.165) is 28.5 Å². The Morgan fingerprint density at radius 3 is 2.67 bits per heavy atom. The van der Waals surface area contributed by atoms with E-state index in [4.69, 9.17) is 31.2 Å². The highest BCUT2D eigenvalue weighted by molar-refractivity contribution is 8.13. The van der Waals surface area contributed by atoms with Crippen molar-refractivity contribution < 1.29 is 14.3 Å². The molecule has 1 amide bonds. The van der Waals surface area contributed by atoms with Gasteiger partial charge in [0, 0.05) is 16.5 Å². The molecule has 36 heavy (non-hydrogen) atoms. The average molecular weight is 521 g/mol. The Bertz CT molecular complexity index is 1450.